The van der Waals surface area contributed by atoms with Crippen molar-refractivity contribution in [3.63, 3.8) is 0 Å². The van der Waals surface area contributed by atoms with Crippen LogP contribution in [0.4, 0.5) is 0 Å². The van der Waals surface area contributed by atoms with E-state index in [-0.39, 0.29) is 18.4 Å². The van der Waals surface area contributed by atoms with E-state index < -0.39 is 0 Å². The predicted molar refractivity (Wildman–Crippen MR) is 78.0 cm³/mol. The van der Waals surface area contributed by atoms with E-state index in [4.69, 9.17) is 5.26 Å². The molecule has 6 heteroatoms. The Hall–Kier alpha value is -1.48. The monoisotopic (exact) mass is 292 g/mol. The first-order valence-electron chi connectivity index (χ1n) is 6.97. The smallest absolute Gasteiger partial charge is 0.224 e. The number of carbonyl (C=O) groups excluding carboxylic acids is 1. The van der Waals surface area contributed by atoms with Gasteiger partial charge in [-0.15, -0.1) is 0 Å². The van der Waals surface area contributed by atoms with Crippen LogP contribution in [0, 0.1) is 23.2 Å². The number of imidazole rings is 1. The third kappa shape index (κ3) is 3.76. The second kappa shape index (κ2) is 7.34. The molecular formula is C14H20N4OS. The van der Waals surface area contributed by atoms with Gasteiger partial charge in [-0.1, -0.05) is 24.6 Å². The van der Waals surface area contributed by atoms with Crippen molar-refractivity contribution in [2.24, 2.45) is 18.9 Å². The molecule has 1 aromatic rings. The summed E-state index contributed by atoms with van der Waals surface area (Å²) >= 11 is 1.71. The van der Waals surface area contributed by atoms with E-state index in [2.05, 4.69) is 10.3 Å². The zero-order valence-corrected chi connectivity index (χ0v) is 12.5. The van der Waals surface area contributed by atoms with Gasteiger partial charge in [0.1, 0.15) is 6.54 Å². The van der Waals surface area contributed by atoms with Gasteiger partial charge in [0.05, 0.1) is 6.07 Å². The minimum atomic E-state index is 0.0386. The van der Waals surface area contributed by atoms with E-state index >= 15 is 0 Å². The van der Waals surface area contributed by atoms with Gasteiger partial charge in [-0.2, -0.15) is 5.26 Å². The van der Waals surface area contributed by atoms with Gasteiger partial charge >= 0.3 is 0 Å². The average Bonchev–Trinajstić information content (AvgIpc) is 2.88. The summed E-state index contributed by atoms with van der Waals surface area (Å²) in [7, 11) is 1.98. The molecule has 1 saturated carbocycles. The van der Waals surface area contributed by atoms with Gasteiger partial charge in [0.25, 0.3) is 0 Å². The maximum Gasteiger partial charge on any atom is 0.224 e. The maximum atomic E-state index is 12.1. The second-order valence-electron chi connectivity index (χ2n) is 5.16. The van der Waals surface area contributed by atoms with Crippen LogP contribution in [0.2, 0.25) is 0 Å². The summed E-state index contributed by atoms with van der Waals surface area (Å²) in [4.78, 5) is 16.4. The molecule has 1 aromatic heterocycles. The van der Waals surface area contributed by atoms with E-state index in [9.17, 15) is 4.79 Å². The van der Waals surface area contributed by atoms with E-state index in [0.717, 1.165) is 30.2 Å². The van der Waals surface area contributed by atoms with E-state index in [0.29, 0.717) is 5.92 Å². The fourth-order valence-electron chi connectivity index (χ4n) is 2.68. The van der Waals surface area contributed by atoms with Crippen molar-refractivity contribution in [2.45, 2.75) is 30.8 Å². The maximum absolute atomic E-state index is 12.1. The molecule has 1 N–H and O–H groups in total. The summed E-state index contributed by atoms with van der Waals surface area (Å²) in [6, 6.07) is 1.96. The largest absolute Gasteiger partial charge is 0.343 e. The number of aryl methyl sites for hydroxylation is 1. The number of aromatic nitrogens is 2. The first-order chi connectivity index (χ1) is 9.72. The number of rotatable bonds is 5. The van der Waals surface area contributed by atoms with Crippen molar-refractivity contribution < 1.29 is 4.79 Å². The lowest BCUT2D eigenvalue weighted by Crippen LogP contribution is -2.37. The highest BCUT2D eigenvalue weighted by molar-refractivity contribution is 7.99. The first kappa shape index (κ1) is 14.9. The van der Waals surface area contributed by atoms with Gasteiger partial charge < -0.3 is 9.88 Å². The summed E-state index contributed by atoms with van der Waals surface area (Å²) in [5.74, 6) is 1.38. The highest BCUT2D eigenvalue weighted by atomic mass is 32.2. The molecule has 2 rings (SSSR count). The fourth-order valence-corrected chi connectivity index (χ4v) is 3.84. The molecule has 0 spiro atoms. The molecule has 1 fully saturated rings. The van der Waals surface area contributed by atoms with Gasteiger partial charge in [0.2, 0.25) is 5.91 Å². The Morgan fingerprint density at radius 2 is 2.40 bits per heavy atom. The normalized spacial score (nSPS) is 22.2. The summed E-state index contributed by atoms with van der Waals surface area (Å²) in [6.07, 6.45) is 8.04. The first-order valence-corrected chi connectivity index (χ1v) is 7.95. The lowest BCUT2D eigenvalue weighted by atomic mass is 9.80. The van der Waals surface area contributed by atoms with Crippen LogP contribution in [0.15, 0.2) is 17.6 Å². The Morgan fingerprint density at radius 1 is 1.60 bits per heavy atom. The number of amides is 1. The quantitative estimate of drug-likeness (QED) is 0.665. The Kier molecular flexibility index (Phi) is 5.48. The minimum absolute atomic E-state index is 0.0386. The van der Waals surface area contributed by atoms with Crippen molar-refractivity contribution in [3.8, 4) is 6.07 Å². The standard InChI is InChI=1S/C14H20N4OS/c1-18-9-8-17-14(18)20-10-11-4-2-3-5-12(11)13(19)16-7-6-15/h8-9,11-12H,2-5,7,10H2,1H3,(H,16,19)/t11-,12+/m0/s1. The van der Waals surface area contributed by atoms with E-state index in [1.165, 1.54) is 6.42 Å². The van der Waals surface area contributed by atoms with Crippen molar-refractivity contribution in [2.75, 3.05) is 12.3 Å². The summed E-state index contributed by atoms with van der Waals surface area (Å²) in [6.45, 7) is 0.106. The van der Waals surface area contributed by atoms with E-state index in [1.54, 1.807) is 18.0 Å². The Balaban J connectivity index is 1.91. The zero-order valence-electron chi connectivity index (χ0n) is 11.7. The minimum Gasteiger partial charge on any atom is -0.343 e. The predicted octanol–water partition coefficient (Wildman–Crippen LogP) is 1.96. The number of nitrogens with one attached hydrogen (secondary N) is 1. The topological polar surface area (TPSA) is 70.7 Å². The van der Waals surface area contributed by atoms with Crippen molar-refractivity contribution in [1.82, 2.24) is 14.9 Å². The Bertz CT molecular complexity index is 494. The molecule has 0 aliphatic heterocycles. The molecule has 0 saturated heterocycles. The molecular weight excluding hydrogens is 272 g/mol. The number of carbonyl (C=O) groups is 1. The molecule has 1 aliphatic rings. The molecule has 1 aliphatic carbocycles. The van der Waals surface area contributed by atoms with Crippen LogP contribution in [0.3, 0.4) is 0 Å². The van der Waals surface area contributed by atoms with Crippen molar-refractivity contribution in [1.29, 1.82) is 5.26 Å². The van der Waals surface area contributed by atoms with Gasteiger partial charge in [-0.25, -0.2) is 4.98 Å². The molecule has 5 nitrogen and oxygen atoms in total. The number of nitrogens with zero attached hydrogens (tertiary/aromatic N) is 3. The Labute approximate surface area is 123 Å². The summed E-state index contributed by atoms with van der Waals surface area (Å²) < 4.78 is 2.00. The van der Waals surface area contributed by atoms with Gasteiger partial charge in [0, 0.05) is 31.1 Å². The van der Waals surface area contributed by atoms with Gasteiger partial charge in [-0.05, 0) is 18.8 Å². The third-order valence-corrected chi connectivity index (χ3v) is 5.04. The zero-order chi connectivity index (χ0) is 14.4. The van der Waals surface area contributed by atoms with Crippen LogP contribution < -0.4 is 5.32 Å². The van der Waals surface area contributed by atoms with E-state index in [1.807, 2.05) is 23.9 Å². The van der Waals surface area contributed by atoms with Crippen LogP contribution in [0.1, 0.15) is 25.7 Å². The SMILES string of the molecule is Cn1ccnc1SC[C@@H]1CCCC[C@H]1C(=O)NCC#N. The highest BCUT2D eigenvalue weighted by Crippen LogP contribution is 2.34. The number of thioether (sulfide) groups is 1. The number of hydrogen-bond acceptors (Lipinski definition) is 4. The summed E-state index contributed by atoms with van der Waals surface area (Å²) in [5.41, 5.74) is 0. The summed E-state index contributed by atoms with van der Waals surface area (Å²) in [5, 5.41) is 12.3. The van der Waals surface area contributed by atoms with Crippen LogP contribution in [-0.2, 0) is 11.8 Å². The lowest BCUT2D eigenvalue weighted by Gasteiger charge is -2.30. The number of nitriles is 1. The van der Waals surface area contributed by atoms with Gasteiger partial charge in [0.15, 0.2) is 5.16 Å². The van der Waals surface area contributed by atoms with Gasteiger partial charge in [-0.3, -0.25) is 4.79 Å². The Morgan fingerprint density at radius 3 is 3.10 bits per heavy atom. The average molecular weight is 292 g/mol. The van der Waals surface area contributed by atoms with Crippen molar-refractivity contribution >= 4 is 17.7 Å². The molecule has 0 bridgehead atoms. The van der Waals surface area contributed by atoms with Crippen molar-refractivity contribution in [3.05, 3.63) is 12.4 Å². The second-order valence-corrected chi connectivity index (χ2v) is 6.15. The molecule has 2 atom stereocenters. The molecule has 1 heterocycles. The van der Waals surface area contributed by atoms with Crippen LogP contribution in [-0.4, -0.2) is 27.8 Å². The number of hydrogen-bond donors (Lipinski definition) is 1. The molecule has 1 amide bonds. The molecule has 0 radical (unpaired) electrons. The van der Waals surface area contributed by atoms with Crippen LogP contribution in [0.25, 0.3) is 0 Å². The molecule has 108 valence electrons. The van der Waals surface area contributed by atoms with Crippen LogP contribution in [0.5, 0.6) is 0 Å². The lowest BCUT2D eigenvalue weighted by molar-refractivity contribution is -0.127. The molecule has 0 aromatic carbocycles. The molecule has 20 heavy (non-hydrogen) atoms. The van der Waals surface area contributed by atoms with Crippen LogP contribution >= 0.6 is 11.8 Å². The fraction of sp³-hybridized carbons (Fsp3) is 0.643. The highest BCUT2D eigenvalue weighted by Gasteiger charge is 2.30. The molecule has 0 unspecified atom stereocenters. The third-order valence-electron chi connectivity index (χ3n) is 3.79.